The van der Waals surface area contributed by atoms with Gasteiger partial charge in [-0.15, -0.1) is 0 Å². The lowest BCUT2D eigenvalue weighted by Crippen LogP contribution is -2.27. The van der Waals surface area contributed by atoms with Crippen molar-refractivity contribution in [3.8, 4) is 5.75 Å². The molecule has 1 amide bonds. The number of fused-ring (bicyclic) bond motifs is 1. The summed E-state index contributed by atoms with van der Waals surface area (Å²) in [6.45, 7) is 2.15. The lowest BCUT2D eigenvalue weighted by Gasteiger charge is -2.18. The minimum Gasteiger partial charge on any atom is -0.504 e. The maximum Gasteiger partial charge on any atom is 0.274 e. The molecule has 0 spiro atoms. The molecule has 0 atom stereocenters. The van der Waals surface area contributed by atoms with E-state index in [2.05, 4.69) is 15.3 Å². The molecule has 0 unspecified atom stereocenters. The highest BCUT2D eigenvalue weighted by Gasteiger charge is 2.28. The molecule has 2 N–H and O–H groups in total. The van der Waals surface area contributed by atoms with Gasteiger partial charge in [-0.2, -0.15) is 0 Å². The van der Waals surface area contributed by atoms with Crippen LogP contribution in [0.4, 0.5) is 14.5 Å². The van der Waals surface area contributed by atoms with E-state index < -0.39 is 23.1 Å². The van der Waals surface area contributed by atoms with E-state index >= 15 is 0 Å². The molecule has 2 heterocycles. The number of carbonyl (C=O) groups is 1. The van der Waals surface area contributed by atoms with Gasteiger partial charge in [-0.05, 0) is 30.7 Å². The summed E-state index contributed by atoms with van der Waals surface area (Å²) in [5, 5.41) is 11.8. The first-order chi connectivity index (χ1) is 16.9. The Kier molecular flexibility index (Phi) is 6.92. The van der Waals surface area contributed by atoms with Gasteiger partial charge in [0.1, 0.15) is 11.5 Å². The molecular formula is C24H17Cl3F2N4O3. The fourth-order valence-corrected chi connectivity index (χ4v) is 4.36. The number of benzene rings is 2. The normalized spacial score (nSPS) is 11.6. The number of nitrogens with zero attached hydrogens (tertiary/aromatic N) is 3. The highest BCUT2D eigenvalue weighted by atomic mass is 35.5. The van der Waals surface area contributed by atoms with E-state index in [1.165, 1.54) is 34.9 Å². The van der Waals surface area contributed by atoms with Gasteiger partial charge in [0.2, 0.25) is 0 Å². The first-order valence-electron chi connectivity index (χ1n) is 10.4. The van der Waals surface area contributed by atoms with Gasteiger partial charge in [-0.1, -0.05) is 59.1 Å². The van der Waals surface area contributed by atoms with Crippen LogP contribution >= 0.6 is 34.8 Å². The maximum atomic E-state index is 14.2. The second-order valence-electron chi connectivity index (χ2n) is 8.00. The van der Waals surface area contributed by atoms with Gasteiger partial charge in [0.05, 0.1) is 33.2 Å². The van der Waals surface area contributed by atoms with E-state index in [1.807, 2.05) is 0 Å². The summed E-state index contributed by atoms with van der Waals surface area (Å²) in [6.07, 6.45) is 0. The molecule has 0 aliphatic rings. The Morgan fingerprint density at radius 2 is 1.81 bits per heavy atom. The van der Waals surface area contributed by atoms with Crippen LogP contribution in [0.2, 0.25) is 15.2 Å². The number of pyridine rings is 1. The number of aryl methyl sites for hydroxylation is 1. The Bertz CT molecular complexity index is 1560. The van der Waals surface area contributed by atoms with E-state index in [0.29, 0.717) is 0 Å². The molecule has 0 aliphatic heterocycles. The van der Waals surface area contributed by atoms with Crippen LogP contribution in [0.25, 0.3) is 10.9 Å². The number of aromatic nitrogens is 3. The van der Waals surface area contributed by atoms with Crippen molar-refractivity contribution in [2.75, 3.05) is 5.32 Å². The average Bonchev–Trinajstić information content (AvgIpc) is 2.81. The standard InChI is InChI=1S/C24H17Cl3F2N4O3/c1-11-30-19-14(25)7-8-16(32-22(35)17-9-15(26)20(34)21(27)31-17)18(19)23(36)33(11)10-12-5-3-4-6-13(12)24(2,28)29/h3-9,34H,10H2,1-2H3,(H,32,35). The van der Waals surface area contributed by atoms with Gasteiger partial charge in [0.25, 0.3) is 17.4 Å². The number of aromatic hydroxyl groups is 1. The third kappa shape index (κ3) is 4.86. The van der Waals surface area contributed by atoms with E-state index in [0.717, 1.165) is 13.0 Å². The van der Waals surface area contributed by atoms with E-state index in [9.17, 15) is 23.5 Å². The van der Waals surface area contributed by atoms with Gasteiger partial charge in [0.15, 0.2) is 10.9 Å². The third-order valence-electron chi connectivity index (χ3n) is 5.46. The number of rotatable bonds is 5. The first kappa shape index (κ1) is 25.8. The second kappa shape index (κ2) is 9.65. The fourth-order valence-electron chi connectivity index (χ4n) is 3.72. The van der Waals surface area contributed by atoms with E-state index in [1.54, 1.807) is 13.0 Å². The third-order valence-corrected chi connectivity index (χ3v) is 6.31. The number of alkyl halides is 2. The molecule has 0 saturated carbocycles. The maximum absolute atomic E-state index is 14.2. The zero-order chi connectivity index (χ0) is 26.4. The summed E-state index contributed by atoms with van der Waals surface area (Å²) >= 11 is 18.0. The molecular weight excluding hydrogens is 537 g/mol. The molecule has 0 bridgehead atoms. The zero-order valence-corrected chi connectivity index (χ0v) is 21.0. The van der Waals surface area contributed by atoms with Gasteiger partial charge >= 0.3 is 0 Å². The van der Waals surface area contributed by atoms with Crippen molar-refractivity contribution in [3.63, 3.8) is 0 Å². The molecule has 186 valence electrons. The van der Waals surface area contributed by atoms with Crippen molar-refractivity contribution in [1.29, 1.82) is 0 Å². The molecule has 7 nitrogen and oxygen atoms in total. The summed E-state index contributed by atoms with van der Waals surface area (Å²) in [4.78, 5) is 34.6. The molecule has 0 aliphatic carbocycles. The lowest BCUT2D eigenvalue weighted by molar-refractivity contribution is 0.0164. The largest absolute Gasteiger partial charge is 0.504 e. The van der Waals surface area contributed by atoms with Gasteiger partial charge in [0, 0.05) is 12.5 Å². The molecule has 0 saturated heterocycles. The van der Waals surface area contributed by atoms with Crippen molar-refractivity contribution >= 4 is 57.3 Å². The van der Waals surface area contributed by atoms with Crippen molar-refractivity contribution in [2.24, 2.45) is 0 Å². The van der Waals surface area contributed by atoms with Crippen molar-refractivity contribution < 1.29 is 18.7 Å². The Balaban J connectivity index is 1.83. The van der Waals surface area contributed by atoms with E-state index in [-0.39, 0.29) is 61.0 Å². The summed E-state index contributed by atoms with van der Waals surface area (Å²) in [6, 6.07) is 9.87. The molecule has 12 heteroatoms. The highest BCUT2D eigenvalue weighted by molar-refractivity contribution is 6.37. The topological polar surface area (TPSA) is 97.1 Å². The molecule has 2 aromatic carbocycles. The SMILES string of the molecule is Cc1nc2c(Cl)ccc(NC(=O)c3cc(Cl)c(O)c(Cl)n3)c2c(=O)n1Cc1ccccc1C(C)(F)F. The smallest absolute Gasteiger partial charge is 0.274 e. The molecule has 4 aromatic rings. The molecule has 0 radical (unpaired) electrons. The fraction of sp³-hybridized carbons (Fsp3) is 0.167. The zero-order valence-electron chi connectivity index (χ0n) is 18.7. The van der Waals surface area contributed by atoms with Gasteiger partial charge in [-0.25, -0.2) is 18.7 Å². The van der Waals surface area contributed by atoms with Crippen LogP contribution in [0.3, 0.4) is 0 Å². The van der Waals surface area contributed by atoms with Crippen molar-refractivity contribution in [2.45, 2.75) is 26.3 Å². The number of nitrogens with one attached hydrogen (secondary N) is 1. The number of hydrogen-bond donors (Lipinski definition) is 2. The van der Waals surface area contributed by atoms with Crippen LogP contribution in [0.15, 0.2) is 47.3 Å². The summed E-state index contributed by atoms with van der Waals surface area (Å²) < 4.78 is 29.6. The summed E-state index contributed by atoms with van der Waals surface area (Å²) in [7, 11) is 0. The average molecular weight is 554 g/mol. The van der Waals surface area contributed by atoms with Crippen LogP contribution < -0.4 is 10.9 Å². The van der Waals surface area contributed by atoms with Crippen LogP contribution in [0.5, 0.6) is 5.75 Å². The van der Waals surface area contributed by atoms with Crippen LogP contribution in [-0.2, 0) is 12.5 Å². The van der Waals surface area contributed by atoms with Gasteiger partial charge < -0.3 is 10.4 Å². The minimum absolute atomic E-state index is 0.0295. The summed E-state index contributed by atoms with van der Waals surface area (Å²) in [5.74, 6) is -4.14. The summed E-state index contributed by atoms with van der Waals surface area (Å²) in [5.41, 5.74) is -0.617. The number of hydrogen-bond acceptors (Lipinski definition) is 5. The number of halogens is 5. The van der Waals surface area contributed by atoms with Crippen molar-refractivity contribution in [1.82, 2.24) is 14.5 Å². The highest BCUT2D eigenvalue weighted by Crippen LogP contribution is 2.32. The molecule has 4 rings (SSSR count). The predicted molar refractivity (Wildman–Crippen MR) is 135 cm³/mol. The second-order valence-corrected chi connectivity index (χ2v) is 9.17. The quantitative estimate of drug-likeness (QED) is 0.288. The Morgan fingerprint density at radius 3 is 2.47 bits per heavy atom. The Hall–Kier alpha value is -3.27. The predicted octanol–water partition coefficient (Wildman–Crippen LogP) is 6.18. The van der Waals surface area contributed by atoms with E-state index in [4.69, 9.17) is 34.8 Å². The molecule has 0 fully saturated rings. The number of anilines is 1. The monoisotopic (exact) mass is 552 g/mol. The van der Waals surface area contributed by atoms with Gasteiger partial charge in [-0.3, -0.25) is 14.2 Å². The minimum atomic E-state index is -3.12. The van der Waals surface area contributed by atoms with Crippen molar-refractivity contribution in [3.05, 3.63) is 90.7 Å². The molecule has 2 aromatic heterocycles. The van der Waals surface area contributed by atoms with Crippen LogP contribution in [0, 0.1) is 6.92 Å². The Labute approximate surface area is 218 Å². The number of amides is 1. The Morgan fingerprint density at radius 1 is 1.11 bits per heavy atom. The van der Waals surface area contributed by atoms with Crippen LogP contribution in [0.1, 0.15) is 34.4 Å². The first-order valence-corrected chi connectivity index (χ1v) is 11.5. The number of carbonyl (C=O) groups excluding carboxylic acids is 1. The lowest BCUT2D eigenvalue weighted by atomic mass is 10.0. The van der Waals surface area contributed by atoms with Crippen LogP contribution in [-0.4, -0.2) is 25.5 Å². The molecule has 36 heavy (non-hydrogen) atoms.